The van der Waals surface area contributed by atoms with Gasteiger partial charge in [-0.05, 0) is 42.5 Å². The number of carbonyl (C=O) groups is 2. The minimum absolute atomic E-state index is 0.00858. The van der Waals surface area contributed by atoms with E-state index < -0.39 is 39.8 Å². The van der Waals surface area contributed by atoms with Gasteiger partial charge in [-0.1, -0.05) is 11.6 Å². The lowest BCUT2D eigenvalue weighted by atomic mass is 10.1. The third kappa shape index (κ3) is 5.47. The molecule has 1 N–H and O–H groups in total. The fraction of sp³-hybridized carbons (Fsp3) is 0.115. The average molecular weight is 549 g/mol. The molecule has 1 amide bonds. The SMILES string of the molecule is COc1cc2nccc(Oc3ccc(C(=O)C(=O)Nc4ccc(Cl)c(C(F)(F)F)c4)c(F)c3)c2cc1OC. The first-order valence-electron chi connectivity index (χ1n) is 10.7. The van der Waals surface area contributed by atoms with E-state index in [1.807, 2.05) is 5.32 Å². The predicted octanol–water partition coefficient (Wildman–Crippen LogP) is 6.68. The van der Waals surface area contributed by atoms with Crippen molar-refractivity contribution in [3.8, 4) is 23.0 Å². The molecule has 1 aromatic heterocycles. The number of pyridine rings is 1. The Morgan fingerprint density at radius 2 is 1.63 bits per heavy atom. The summed E-state index contributed by atoms with van der Waals surface area (Å²) >= 11 is 5.55. The van der Waals surface area contributed by atoms with E-state index in [-0.39, 0.29) is 11.4 Å². The molecule has 4 rings (SSSR count). The van der Waals surface area contributed by atoms with Crippen LogP contribution in [-0.4, -0.2) is 30.9 Å². The van der Waals surface area contributed by atoms with Gasteiger partial charge in [0.1, 0.15) is 17.3 Å². The van der Waals surface area contributed by atoms with Crippen molar-refractivity contribution in [3.63, 3.8) is 0 Å². The number of ether oxygens (including phenoxy) is 3. The molecule has 0 spiro atoms. The number of fused-ring (bicyclic) bond motifs is 1. The molecule has 0 atom stereocenters. The molecular formula is C26H17ClF4N2O5. The molecule has 3 aromatic carbocycles. The highest BCUT2D eigenvalue weighted by molar-refractivity contribution is 6.46. The Morgan fingerprint density at radius 3 is 2.29 bits per heavy atom. The van der Waals surface area contributed by atoms with Crippen LogP contribution in [0.1, 0.15) is 15.9 Å². The van der Waals surface area contributed by atoms with Crippen molar-refractivity contribution in [1.82, 2.24) is 4.98 Å². The van der Waals surface area contributed by atoms with Crippen LogP contribution < -0.4 is 19.5 Å². The number of amides is 1. The maximum atomic E-state index is 14.8. The summed E-state index contributed by atoms with van der Waals surface area (Å²) in [6.07, 6.45) is -3.30. The fourth-order valence-corrected chi connectivity index (χ4v) is 3.76. The highest BCUT2D eigenvalue weighted by Gasteiger charge is 2.33. The van der Waals surface area contributed by atoms with Gasteiger partial charge in [-0.3, -0.25) is 14.6 Å². The van der Waals surface area contributed by atoms with Gasteiger partial charge in [0.2, 0.25) is 0 Å². The van der Waals surface area contributed by atoms with E-state index in [1.54, 1.807) is 18.2 Å². The van der Waals surface area contributed by atoms with Crippen LogP contribution >= 0.6 is 11.6 Å². The van der Waals surface area contributed by atoms with Gasteiger partial charge in [-0.25, -0.2) is 4.39 Å². The van der Waals surface area contributed by atoms with E-state index >= 15 is 0 Å². The number of carbonyl (C=O) groups excluding carboxylic acids is 2. The molecule has 0 unspecified atom stereocenters. The van der Waals surface area contributed by atoms with Crippen LogP contribution in [0.5, 0.6) is 23.0 Å². The van der Waals surface area contributed by atoms with Gasteiger partial charge < -0.3 is 19.5 Å². The molecule has 7 nitrogen and oxygen atoms in total. The second kappa shape index (κ2) is 10.5. The van der Waals surface area contributed by atoms with Crippen LogP contribution in [0.2, 0.25) is 5.02 Å². The summed E-state index contributed by atoms with van der Waals surface area (Å²) in [6.45, 7) is 0. The first kappa shape index (κ1) is 26.7. The molecule has 0 bridgehead atoms. The van der Waals surface area contributed by atoms with Gasteiger partial charge in [0.05, 0.1) is 35.9 Å². The quantitative estimate of drug-likeness (QED) is 0.158. The van der Waals surface area contributed by atoms with Gasteiger partial charge in [-0.2, -0.15) is 13.2 Å². The number of ketones is 1. The first-order valence-corrected chi connectivity index (χ1v) is 11.1. The number of nitrogens with zero attached hydrogens (tertiary/aromatic N) is 1. The highest BCUT2D eigenvalue weighted by atomic mass is 35.5. The Hall–Kier alpha value is -4.38. The summed E-state index contributed by atoms with van der Waals surface area (Å²) in [6, 6.07) is 10.6. The number of nitrogens with one attached hydrogen (secondary N) is 1. The monoisotopic (exact) mass is 548 g/mol. The molecule has 4 aromatic rings. The zero-order valence-corrected chi connectivity index (χ0v) is 20.4. The Morgan fingerprint density at radius 1 is 0.921 bits per heavy atom. The second-order valence-electron chi connectivity index (χ2n) is 7.75. The molecule has 0 radical (unpaired) electrons. The minimum atomic E-state index is -4.78. The maximum Gasteiger partial charge on any atom is 0.417 e. The molecule has 0 aliphatic carbocycles. The number of halogens is 5. The normalized spacial score (nSPS) is 11.2. The van der Waals surface area contributed by atoms with Crippen molar-refractivity contribution in [2.45, 2.75) is 6.18 Å². The Balaban J connectivity index is 1.55. The average Bonchev–Trinajstić information content (AvgIpc) is 2.88. The van der Waals surface area contributed by atoms with E-state index in [0.717, 1.165) is 24.3 Å². The van der Waals surface area contributed by atoms with E-state index in [0.29, 0.717) is 34.2 Å². The van der Waals surface area contributed by atoms with Crippen molar-refractivity contribution >= 4 is 39.9 Å². The van der Waals surface area contributed by atoms with E-state index in [2.05, 4.69) is 4.98 Å². The summed E-state index contributed by atoms with van der Waals surface area (Å²) < 4.78 is 70.3. The Kier molecular flexibility index (Phi) is 7.40. The molecule has 0 saturated carbocycles. The van der Waals surface area contributed by atoms with Crippen LogP contribution in [0.25, 0.3) is 10.9 Å². The molecule has 38 heavy (non-hydrogen) atoms. The zero-order valence-electron chi connectivity index (χ0n) is 19.7. The van der Waals surface area contributed by atoms with Crippen molar-refractivity contribution < 1.29 is 41.4 Å². The van der Waals surface area contributed by atoms with Crippen molar-refractivity contribution in [2.24, 2.45) is 0 Å². The molecule has 0 saturated heterocycles. The zero-order chi connectivity index (χ0) is 27.6. The molecule has 0 aliphatic rings. The summed E-state index contributed by atoms with van der Waals surface area (Å²) in [7, 11) is 2.94. The number of aromatic nitrogens is 1. The van der Waals surface area contributed by atoms with Crippen LogP contribution in [0, 0.1) is 5.82 Å². The molecule has 1 heterocycles. The third-order valence-electron chi connectivity index (χ3n) is 5.36. The number of anilines is 1. The predicted molar refractivity (Wildman–Crippen MR) is 131 cm³/mol. The Bertz CT molecular complexity index is 1560. The number of hydrogen-bond donors (Lipinski definition) is 1. The van der Waals surface area contributed by atoms with Crippen LogP contribution in [-0.2, 0) is 11.0 Å². The number of hydrogen-bond acceptors (Lipinski definition) is 6. The smallest absolute Gasteiger partial charge is 0.417 e. The van der Waals surface area contributed by atoms with Crippen molar-refractivity contribution in [1.29, 1.82) is 0 Å². The van der Waals surface area contributed by atoms with Crippen LogP contribution in [0.15, 0.2) is 60.8 Å². The number of benzene rings is 3. The number of alkyl halides is 3. The van der Waals surface area contributed by atoms with E-state index in [1.165, 1.54) is 26.5 Å². The summed E-state index contributed by atoms with van der Waals surface area (Å²) in [4.78, 5) is 29.1. The topological polar surface area (TPSA) is 86.8 Å². The standard InChI is InChI=1S/C26H17ClF4N2O5/c1-36-22-11-16-20(12-23(22)37-2)32-8-7-21(16)38-14-4-5-15(19(28)10-14)24(34)25(35)33-13-3-6-18(27)17(9-13)26(29,30)31/h3-12H,1-2H3,(H,33,35). The molecular weight excluding hydrogens is 532 g/mol. The number of methoxy groups -OCH3 is 2. The summed E-state index contributed by atoms with van der Waals surface area (Å²) in [5.74, 6) is -2.54. The van der Waals surface area contributed by atoms with E-state index in [4.69, 9.17) is 25.8 Å². The van der Waals surface area contributed by atoms with Crippen molar-refractivity contribution in [3.05, 3.63) is 82.8 Å². The van der Waals surface area contributed by atoms with Crippen LogP contribution in [0.3, 0.4) is 0 Å². The maximum absolute atomic E-state index is 14.8. The Labute approximate surface area is 217 Å². The minimum Gasteiger partial charge on any atom is -0.493 e. The van der Waals surface area contributed by atoms with Crippen molar-refractivity contribution in [2.75, 3.05) is 19.5 Å². The summed E-state index contributed by atoms with van der Waals surface area (Å²) in [5.41, 5.74) is -1.63. The van der Waals surface area contributed by atoms with Crippen LogP contribution in [0.4, 0.5) is 23.2 Å². The van der Waals surface area contributed by atoms with Gasteiger partial charge in [0.15, 0.2) is 11.5 Å². The second-order valence-corrected chi connectivity index (χ2v) is 8.16. The molecule has 0 aliphatic heterocycles. The number of rotatable bonds is 7. The first-order chi connectivity index (χ1) is 18.0. The molecule has 196 valence electrons. The fourth-order valence-electron chi connectivity index (χ4n) is 3.54. The summed E-state index contributed by atoms with van der Waals surface area (Å²) in [5, 5.41) is 1.98. The lowest BCUT2D eigenvalue weighted by Crippen LogP contribution is -2.24. The van der Waals surface area contributed by atoms with Gasteiger partial charge in [0, 0.05) is 29.4 Å². The molecule has 12 heteroatoms. The number of Topliss-reactive ketones (excluding diaryl/α,β-unsaturated/α-hetero) is 1. The largest absolute Gasteiger partial charge is 0.493 e. The lowest BCUT2D eigenvalue weighted by Gasteiger charge is -2.13. The molecule has 0 fully saturated rings. The highest BCUT2D eigenvalue weighted by Crippen LogP contribution is 2.38. The van der Waals surface area contributed by atoms with Gasteiger partial charge in [-0.15, -0.1) is 0 Å². The van der Waals surface area contributed by atoms with Gasteiger partial charge in [0.25, 0.3) is 11.7 Å². The van der Waals surface area contributed by atoms with Gasteiger partial charge >= 0.3 is 6.18 Å². The lowest BCUT2D eigenvalue weighted by molar-refractivity contribution is -0.137. The third-order valence-corrected chi connectivity index (χ3v) is 5.69. The van der Waals surface area contributed by atoms with E-state index in [9.17, 15) is 27.2 Å².